The molecular weight excluding hydrogens is 392 g/mol. The van der Waals surface area contributed by atoms with Gasteiger partial charge in [0.25, 0.3) is 0 Å². The van der Waals surface area contributed by atoms with Gasteiger partial charge >= 0.3 is 5.97 Å². The number of unbranched alkanes of at least 4 members (excludes halogenated alkanes) is 1. The van der Waals surface area contributed by atoms with Crippen LogP contribution in [0.4, 0.5) is 0 Å². The smallest absolute Gasteiger partial charge is 0.328 e. The summed E-state index contributed by atoms with van der Waals surface area (Å²) >= 11 is 0. The van der Waals surface area contributed by atoms with Gasteiger partial charge in [0, 0.05) is 46.7 Å². The fraction of sp³-hybridized carbons (Fsp3) is 0.654. The van der Waals surface area contributed by atoms with Crippen molar-refractivity contribution in [1.29, 1.82) is 0 Å². The summed E-state index contributed by atoms with van der Waals surface area (Å²) in [7, 11) is 5.26. The van der Waals surface area contributed by atoms with Gasteiger partial charge in [-0.1, -0.05) is 56.9 Å². The molecule has 5 heteroatoms. The second-order valence-electron chi connectivity index (χ2n) is 8.75. The van der Waals surface area contributed by atoms with Gasteiger partial charge in [-0.25, -0.2) is 4.79 Å². The van der Waals surface area contributed by atoms with Crippen molar-refractivity contribution in [3.05, 3.63) is 41.5 Å². The third-order valence-electron chi connectivity index (χ3n) is 6.93. The Morgan fingerprint density at radius 1 is 1.10 bits per heavy atom. The van der Waals surface area contributed by atoms with Gasteiger partial charge in [0.15, 0.2) is 5.79 Å². The van der Waals surface area contributed by atoms with E-state index in [1.807, 2.05) is 18.2 Å². The predicted molar refractivity (Wildman–Crippen MR) is 124 cm³/mol. The maximum absolute atomic E-state index is 11.1. The molecule has 1 fully saturated rings. The molecule has 1 saturated carbocycles. The van der Waals surface area contributed by atoms with Gasteiger partial charge in [-0.05, 0) is 42.4 Å². The van der Waals surface area contributed by atoms with Crippen molar-refractivity contribution < 1.29 is 24.1 Å². The highest BCUT2D eigenvalue weighted by molar-refractivity contribution is 5.85. The Labute approximate surface area is 187 Å². The van der Waals surface area contributed by atoms with E-state index in [-0.39, 0.29) is 0 Å². The van der Waals surface area contributed by atoms with Gasteiger partial charge in [0.05, 0.1) is 5.60 Å². The van der Waals surface area contributed by atoms with E-state index in [1.165, 1.54) is 25.3 Å². The first-order valence-electron chi connectivity index (χ1n) is 11.6. The first-order valence-corrected chi connectivity index (χ1v) is 11.6. The molecule has 1 aromatic rings. The predicted octanol–water partition coefficient (Wildman–Crippen LogP) is 5.86. The van der Waals surface area contributed by atoms with Crippen LogP contribution < -0.4 is 0 Å². The summed E-state index contributed by atoms with van der Waals surface area (Å²) in [6.07, 6.45) is 13.0. The Hall–Kier alpha value is -1.69. The standard InChI is InChI=1S/C26H40O5/c1-5-6-18-26(30-3,31-4)20-25(29-2,23-14-8-7-9-15-23)19-22-13-11-10-12-21(22)16-17-24(27)28/h10-13,16-17,23H,5-9,14-15,18-20H2,1-4H3,(H,27,28). The molecule has 0 bridgehead atoms. The molecule has 1 unspecified atom stereocenters. The zero-order valence-corrected chi connectivity index (χ0v) is 19.7. The van der Waals surface area contributed by atoms with Crippen molar-refractivity contribution in [2.24, 2.45) is 5.92 Å². The summed E-state index contributed by atoms with van der Waals surface area (Å²) in [5.41, 5.74) is 1.55. The fourth-order valence-electron chi connectivity index (χ4n) is 5.05. The monoisotopic (exact) mass is 432 g/mol. The van der Waals surface area contributed by atoms with Crippen molar-refractivity contribution >= 4 is 12.0 Å². The van der Waals surface area contributed by atoms with Crippen LogP contribution in [0.2, 0.25) is 0 Å². The topological polar surface area (TPSA) is 65.0 Å². The van der Waals surface area contributed by atoms with E-state index in [1.54, 1.807) is 27.4 Å². The Morgan fingerprint density at radius 2 is 1.77 bits per heavy atom. The summed E-state index contributed by atoms with van der Waals surface area (Å²) < 4.78 is 18.4. The minimum atomic E-state index is -0.947. The molecule has 0 amide bonds. The quantitative estimate of drug-likeness (QED) is 0.312. The third kappa shape index (κ3) is 6.90. The molecule has 0 heterocycles. The van der Waals surface area contributed by atoms with Crippen molar-refractivity contribution in [3.63, 3.8) is 0 Å². The van der Waals surface area contributed by atoms with E-state index in [2.05, 4.69) is 13.0 Å². The minimum Gasteiger partial charge on any atom is -0.478 e. The third-order valence-corrected chi connectivity index (χ3v) is 6.93. The van der Waals surface area contributed by atoms with Crippen LogP contribution in [0.1, 0.15) is 75.8 Å². The lowest BCUT2D eigenvalue weighted by Gasteiger charge is -2.47. The van der Waals surface area contributed by atoms with Crippen LogP contribution in [0, 0.1) is 5.92 Å². The Balaban J connectivity index is 2.46. The average Bonchev–Trinajstić information content (AvgIpc) is 2.81. The maximum Gasteiger partial charge on any atom is 0.328 e. The lowest BCUT2D eigenvalue weighted by Crippen LogP contribution is -2.51. The van der Waals surface area contributed by atoms with Gasteiger partial charge in [-0.2, -0.15) is 0 Å². The van der Waals surface area contributed by atoms with Crippen molar-refractivity contribution in [2.45, 2.75) is 82.5 Å². The number of rotatable bonds is 13. The summed E-state index contributed by atoms with van der Waals surface area (Å²) in [5, 5.41) is 9.10. The Morgan fingerprint density at radius 3 is 2.35 bits per heavy atom. The molecular formula is C26H40O5. The molecule has 0 spiro atoms. The number of carbonyl (C=O) groups is 1. The first kappa shape index (κ1) is 25.6. The van der Waals surface area contributed by atoms with Gasteiger partial charge in [-0.3, -0.25) is 0 Å². The molecule has 0 radical (unpaired) electrons. The number of hydrogen-bond acceptors (Lipinski definition) is 4. The molecule has 0 saturated heterocycles. The van der Waals surface area contributed by atoms with Crippen LogP contribution >= 0.6 is 0 Å². The largest absolute Gasteiger partial charge is 0.478 e. The molecule has 1 aromatic carbocycles. The van der Waals surface area contributed by atoms with Crippen molar-refractivity contribution in [3.8, 4) is 0 Å². The average molecular weight is 433 g/mol. The summed E-state index contributed by atoms with van der Waals surface area (Å²) in [6.45, 7) is 2.17. The summed E-state index contributed by atoms with van der Waals surface area (Å²) in [5.74, 6) is -1.25. The summed E-state index contributed by atoms with van der Waals surface area (Å²) in [4.78, 5) is 11.1. The highest BCUT2D eigenvalue weighted by Crippen LogP contribution is 2.44. The zero-order valence-electron chi connectivity index (χ0n) is 19.7. The minimum absolute atomic E-state index is 0.397. The highest BCUT2D eigenvalue weighted by Gasteiger charge is 2.47. The normalized spacial score (nSPS) is 17.7. The molecule has 5 nitrogen and oxygen atoms in total. The van der Waals surface area contributed by atoms with Gasteiger partial charge in [0.2, 0.25) is 0 Å². The van der Waals surface area contributed by atoms with E-state index in [0.717, 1.165) is 43.2 Å². The lowest BCUT2D eigenvalue weighted by atomic mass is 9.70. The lowest BCUT2D eigenvalue weighted by molar-refractivity contribution is -0.251. The molecule has 1 N–H and O–H groups in total. The van der Waals surface area contributed by atoms with Gasteiger partial charge in [-0.15, -0.1) is 0 Å². The van der Waals surface area contributed by atoms with E-state index in [0.29, 0.717) is 18.8 Å². The van der Waals surface area contributed by atoms with Crippen LogP contribution in [-0.2, 0) is 25.4 Å². The van der Waals surface area contributed by atoms with Crippen LogP contribution in [-0.4, -0.2) is 43.8 Å². The summed E-state index contributed by atoms with van der Waals surface area (Å²) in [6, 6.07) is 7.99. The van der Waals surface area contributed by atoms with Crippen LogP contribution in [0.25, 0.3) is 6.08 Å². The number of hydrogen-bond donors (Lipinski definition) is 1. The van der Waals surface area contributed by atoms with E-state index in [4.69, 9.17) is 19.3 Å². The molecule has 2 rings (SSSR count). The number of aliphatic carboxylic acids is 1. The van der Waals surface area contributed by atoms with E-state index < -0.39 is 17.4 Å². The number of carboxylic acids is 1. The molecule has 1 atom stereocenters. The van der Waals surface area contributed by atoms with E-state index in [9.17, 15) is 4.79 Å². The second-order valence-corrected chi connectivity index (χ2v) is 8.75. The highest BCUT2D eigenvalue weighted by atomic mass is 16.7. The number of benzene rings is 1. The second kappa shape index (κ2) is 12.4. The Kier molecular flexibility index (Phi) is 10.2. The number of carboxylic acid groups (broad SMARTS) is 1. The molecule has 0 aliphatic heterocycles. The molecule has 0 aromatic heterocycles. The van der Waals surface area contributed by atoms with Crippen molar-refractivity contribution in [1.82, 2.24) is 0 Å². The van der Waals surface area contributed by atoms with Crippen LogP contribution in [0.3, 0.4) is 0 Å². The molecule has 1 aliphatic rings. The Bertz CT molecular complexity index is 704. The fourth-order valence-corrected chi connectivity index (χ4v) is 5.05. The number of methoxy groups -OCH3 is 3. The van der Waals surface area contributed by atoms with Gasteiger partial charge < -0.3 is 19.3 Å². The maximum atomic E-state index is 11.1. The van der Waals surface area contributed by atoms with Gasteiger partial charge in [0.1, 0.15) is 0 Å². The first-order chi connectivity index (χ1) is 14.9. The molecule has 174 valence electrons. The van der Waals surface area contributed by atoms with E-state index >= 15 is 0 Å². The van der Waals surface area contributed by atoms with Crippen LogP contribution in [0.15, 0.2) is 30.3 Å². The van der Waals surface area contributed by atoms with Crippen LogP contribution in [0.5, 0.6) is 0 Å². The molecule has 31 heavy (non-hydrogen) atoms. The SMILES string of the molecule is CCCCC(CC(Cc1ccccc1C=CC(=O)O)(OC)C1CCCCC1)(OC)OC. The zero-order chi connectivity index (χ0) is 22.7. The molecule has 1 aliphatic carbocycles. The number of ether oxygens (including phenoxy) is 3. The van der Waals surface area contributed by atoms with Crippen molar-refractivity contribution in [2.75, 3.05) is 21.3 Å².